The quantitative estimate of drug-likeness (QED) is 0.907. The largest absolute Gasteiger partial charge is 0.338 e. The Labute approximate surface area is 132 Å². The van der Waals surface area contributed by atoms with Gasteiger partial charge in [0.25, 0.3) is 0 Å². The van der Waals surface area contributed by atoms with E-state index in [0.29, 0.717) is 0 Å². The van der Waals surface area contributed by atoms with E-state index >= 15 is 0 Å². The molecule has 0 aromatic heterocycles. The zero-order chi connectivity index (χ0) is 15.1. The van der Waals surface area contributed by atoms with Crippen molar-refractivity contribution in [1.82, 2.24) is 15.1 Å². The molecule has 1 aliphatic rings. The van der Waals surface area contributed by atoms with Gasteiger partial charge < -0.3 is 10.2 Å². The topological polar surface area (TPSA) is 35.6 Å². The minimum Gasteiger partial charge on any atom is -0.338 e. The first-order chi connectivity index (χ1) is 10.2. The second-order valence-corrected chi connectivity index (χ2v) is 5.87. The summed E-state index contributed by atoms with van der Waals surface area (Å²) in [6.07, 6.45) is 2.01. The number of piperazine rings is 1. The summed E-state index contributed by atoms with van der Waals surface area (Å²) in [6.45, 7) is 7.39. The van der Waals surface area contributed by atoms with Gasteiger partial charge in [-0.1, -0.05) is 30.7 Å². The highest BCUT2D eigenvalue weighted by Crippen LogP contribution is 2.11. The van der Waals surface area contributed by atoms with Gasteiger partial charge in [0.2, 0.25) is 0 Å². The van der Waals surface area contributed by atoms with Gasteiger partial charge in [-0.3, -0.25) is 4.90 Å². The van der Waals surface area contributed by atoms with Crippen LogP contribution in [0.3, 0.4) is 0 Å². The van der Waals surface area contributed by atoms with Crippen molar-refractivity contribution in [3.05, 3.63) is 34.9 Å². The standard InChI is InChI=1S/C16H24ClN3O/c1-2-8-18-16(21)20-12-10-19(11-13-20)9-7-14-3-5-15(17)6-4-14/h3-6H,2,7-13H2,1H3,(H,18,21). The van der Waals surface area contributed by atoms with Crippen LogP contribution >= 0.6 is 11.6 Å². The van der Waals surface area contributed by atoms with Gasteiger partial charge in [-0.05, 0) is 30.5 Å². The molecule has 116 valence electrons. The lowest BCUT2D eigenvalue weighted by Gasteiger charge is -2.34. The Bertz CT molecular complexity index is 441. The first-order valence-electron chi connectivity index (χ1n) is 7.68. The lowest BCUT2D eigenvalue weighted by Crippen LogP contribution is -2.52. The minimum atomic E-state index is 0.0780. The van der Waals surface area contributed by atoms with Crippen LogP contribution in [0.4, 0.5) is 4.79 Å². The number of halogens is 1. The Morgan fingerprint density at radius 2 is 1.86 bits per heavy atom. The molecule has 4 nitrogen and oxygen atoms in total. The molecule has 1 aromatic rings. The van der Waals surface area contributed by atoms with Crippen molar-refractivity contribution in [2.45, 2.75) is 19.8 Å². The van der Waals surface area contributed by atoms with Crippen molar-refractivity contribution >= 4 is 17.6 Å². The molecule has 0 radical (unpaired) electrons. The second-order valence-electron chi connectivity index (χ2n) is 5.44. The first-order valence-corrected chi connectivity index (χ1v) is 8.06. The third-order valence-electron chi connectivity index (χ3n) is 3.82. The third-order valence-corrected chi connectivity index (χ3v) is 4.07. The maximum atomic E-state index is 11.9. The molecule has 0 aliphatic carbocycles. The smallest absolute Gasteiger partial charge is 0.317 e. The first kappa shape index (κ1) is 16.1. The number of amides is 2. The van der Waals surface area contributed by atoms with E-state index in [-0.39, 0.29) is 6.03 Å². The molecular weight excluding hydrogens is 286 g/mol. The van der Waals surface area contributed by atoms with E-state index in [1.165, 1.54) is 5.56 Å². The molecule has 1 heterocycles. The molecule has 1 fully saturated rings. The molecule has 0 bridgehead atoms. The van der Waals surface area contributed by atoms with Gasteiger partial charge in [0.15, 0.2) is 0 Å². The van der Waals surface area contributed by atoms with E-state index in [1.54, 1.807) is 0 Å². The van der Waals surface area contributed by atoms with Crippen molar-refractivity contribution < 1.29 is 4.79 Å². The van der Waals surface area contributed by atoms with Gasteiger partial charge in [0.05, 0.1) is 0 Å². The lowest BCUT2D eigenvalue weighted by molar-refractivity contribution is 0.140. The average molecular weight is 310 g/mol. The van der Waals surface area contributed by atoms with Gasteiger partial charge >= 0.3 is 6.03 Å². The van der Waals surface area contributed by atoms with Crippen molar-refractivity contribution in [3.63, 3.8) is 0 Å². The van der Waals surface area contributed by atoms with Gasteiger partial charge in [0.1, 0.15) is 0 Å². The fourth-order valence-corrected chi connectivity index (χ4v) is 2.58. The molecule has 0 saturated carbocycles. The fourth-order valence-electron chi connectivity index (χ4n) is 2.46. The Hall–Kier alpha value is -1.26. The average Bonchev–Trinajstić information content (AvgIpc) is 2.52. The number of hydrogen-bond donors (Lipinski definition) is 1. The molecule has 1 saturated heterocycles. The Morgan fingerprint density at radius 3 is 2.48 bits per heavy atom. The maximum Gasteiger partial charge on any atom is 0.317 e. The van der Waals surface area contributed by atoms with E-state index < -0.39 is 0 Å². The summed E-state index contributed by atoms with van der Waals surface area (Å²) in [5.74, 6) is 0. The predicted molar refractivity (Wildman–Crippen MR) is 86.9 cm³/mol. The van der Waals surface area contributed by atoms with Crippen LogP contribution in [0.1, 0.15) is 18.9 Å². The van der Waals surface area contributed by atoms with E-state index in [2.05, 4.69) is 29.3 Å². The summed E-state index contributed by atoms with van der Waals surface area (Å²) in [6, 6.07) is 8.11. The van der Waals surface area contributed by atoms with E-state index in [4.69, 9.17) is 11.6 Å². The molecule has 0 atom stereocenters. The number of nitrogens with one attached hydrogen (secondary N) is 1. The molecule has 2 amide bonds. The highest BCUT2D eigenvalue weighted by molar-refractivity contribution is 6.30. The summed E-state index contributed by atoms with van der Waals surface area (Å²) in [4.78, 5) is 16.2. The van der Waals surface area contributed by atoms with Crippen LogP contribution in [0.15, 0.2) is 24.3 Å². The number of nitrogens with zero attached hydrogens (tertiary/aromatic N) is 2. The Morgan fingerprint density at radius 1 is 1.19 bits per heavy atom. The van der Waals surface area contributed by atoms with Crippen LogP contribution in [0.25, 0.3) is 0 Å². The number of benzene rings is 1. The summed E-state index contributed by atoms with van der Waals surface area (Å²) in [5.41, 5.74) is 1.31. The normalized spacial score (nSPS) is 16.0. The van der Waals surface area contributed by atoms with Crippen LogP contribution in [-0.2, 0) is 6.42 Å². The number of hydrogen-bond acceptors (Lipinski definition) is 2. The molecule has 5 heteroatoms. The van der Waals surface area contributed by atoms with Crippen molar-refractivity contribution in [2.75, 3.05) is 39.3 Å². The van der Waals surface area contributed by atoms with Gasteiger partial charge in [-0.25, -0.2) is 4.79 Å². The molecule has 1 N–H and O–H groups in total. The Kier molecular flexibility index (Phi) is 6.33. The van der Waals surface area contributed by atoms with E-state index in [0.717, 1.165) is 57.1 Å². The van der Waals surface area contributed by atoms with E-state index in [1.807, 2.05) is 17.0 Å². The minimum absolute atomic E-state index is 0.0780. The monoisotopic (exact) mass is 309 g/mol. The van der Waals surface area contributed by atoms with Crippen LogP contribution in [0, 0.1) is 0 Å². The molecular formula is C16H24ClN3O. The maximum absolute atomic E-state index is 11.9. The van der Waals surface area contributed by atoms with Crippen molar-refractivity contribution in [3.8, 4) is 0 Å². The zero-order valence-corrected chi connectivity index (χ0v) is 13.4. The molecule has 2 rings (SSSR count). The van der Waals surface area contributed by atoms with Crippen molar-refractivity contribution in [2.24, 2.45) is 0 Å². The zero-order valence-electron chi connectivity index (χ0n) is 12.6. The molecule has 21 heavy (non-hydrogen) atoms. The van der Waals surface area contributed by atoms with Gasteiger partial charge in [-0.15, -0.1) is 0 Å². The SMILES string of the molecule is CCCNC(=O)N1CCN(CCc2ccc(Cl)cc2)CC1. The highest BCUT2D eigenvalue weighted by atomic mass is 35.5. The van der Waals surface area contributed by atoms with Crippen molar-refractivity contribution in [1.29, 1.82) is 0 Å². The fraction of sp³-hybridized carbons (Fsp3) is 0.562. The van der Waals surface area contributed by atoms with Crippen LogP contribution in [-0.4, -0.2) is 55.1 Å². The Balaban J connectivity index is 1.69. The van der Waals surface area contributed by atoms with E-state index in [9.17, 15) is 4.79 Å². The number of rotatable bonds is 5. The van der Waals surface area contributed by atoms with Gasteiger partial charge in [-0.2, -0.15) is 0 Å². The molecule has 0 spiro atoms. The summed E-state index contributed by atoms with van der Waals surface area (Å²) in [5, 5.41) is 3.72. The summed E-state index contributed by atoms with van der Waals surface area (Å²) >= 11 is 5.89. The van der Waals surface area contributed by atoms with Gasteiger partial charge in [0, 0.05) is 44.3 Å². The lowest BCUT2D eigenvalue weighted by atomic mass is 10.1. The van der Waals surface area contributed by atoms with Crippen LogP contribution in [0.5, 0.6) is 0 Å². The predicted octanol–water partition coefficient (Wildman–Crippen LogP) is 2.62. The summed E-state index contributed by atoms with van der Waals surface area (Å²) < 4.78 is 0. The molecule has 0 unspecified atom stereocenters. The number of carbonyl (C=O) groups is 1. The second kappa shape index (κ2) is 8.25. The molecule has 1 aromatic carbocycles. The van der Waals surface area contributed by atoms with Crippen LogP contribution < -0.4 is 5.32 Å². The molecule has 1 aliphatic heterocycles. The third kappa shape index (κ3) is 5.21. The summed E-state index contributed by atoms with van der Waals surface area (Å²) in [7, 11) is 0. The number of urea groups is 1. The number of carbonyl (C=O) groups excluding carboxylic acids is 1. The highest BCUT2D eigenvalue weighted by Gasteiger charge is 2.20. The van der Waals surface area contributed by atoms with Crippen LogP contribution in [0.2, 0.25) is 5.02 Å².